The normalized spacial score (nSPS) is 57.2. The number of rotatable bonds is 1. The summed E-state index contributed by atoms with van der Waals surface area (Å²) < 4.78 is 0. The maximum absolute atomic E-state index is 13.2. The van der Waals surface area contributed by atoms with Crippen molar-refractivity contribution in [2.75, 3.05) is 0 Å². The zero-order valence-electron chi connectivity index (χ0n) is 15.5. The molecule has 4 aliphatic carbocycles. The van der Waals surface area contributed by atoms with Crippen LogP contribution in [0, 0.1) is 40.4 Å². The minimum atomic E-state index is -0.272. The molecule has 4 rings (SSSR count). The van der Waals surface area contributed by atoms with Gasteiger partial charge in [0.2, 0.25) is 0 Å². The van der Waals surface area contributed by atoms with Gasteiger partial charge in [-0.25, -0.2) is 0 Å². The van der Waals surface area contributed by atoms with Crippen molar-refractivity contribution in [1.82, 2.24) is 0 Å². The van der Waals surface area contributed by atoms with Crippen molar-refractivity contribution < 1.29 is 15.0 Å². The van der Waals surface area contributed by atoms with Crippen molar-refractivity contribution in [3.63, 3.8) is 0 Å². The van der Waals surface area contributed by atoms with E-state index in [9.17, 15) is 15.0 Å². The molecular weight excluding hydrogens is 300 g/mol. The predicted octanol–water partition coefficient (Wildman–Crippen LogP) is 3.57. The van der Waals surface area contributed by atoms with Crippen LogP contribution in [0.1, 0.15) is 72.1 Å². The summed E-state index contributed by atoms with van der Waals surface area (Å²) in [4.78, 5) is 13.2. The Morgan fingerprint density at radius 1 is 1.08 bits per heavy atom. The quantitative estimate of drug-likeness (QED) is 0.771. The lowest BCUT2D eigenvalue weighted by Gasteiger charge is -2.61. The van der Waals surface area contributed by atoms with Gasteiger partial charge in [0.25, 0.3) is 0 Å². The van der Waals surface area contributed by atoms with E-state index in [4.69, 9.17) is 0 Å². The predicted molar refractivity (Wildman–Crippen MR) is 93.3 cm³/mol. The number of ketones is 1. The molecule has 4 saturated carbocycles. The van der Waals surface area contributed by atoms with Gasteiger partial charge in [-0.15, -0.1) is 0 Å². The van der Waals surface area contributed by atoms with Crippen molar-refractivity contribution in [1.29, 1.82) is 0 Å². The second kappa shape index (κ2) is 5.54. The Balaban J connectivity index is 1.71. The van der Waals surface area contributed by atoms with Crippen molar-refractivity contribution in [3.05, 3.63) is 0 Å². The average molecular weight is 335 g/mol. The molecule has 9 unspecified atom stereocenters. The summed E-state index contributed by atoms with van der Waals surface area (Å²) in [5.74, 6) is 2.16. The molecule has 0 heterocycles. The van der Waals surface area contributed by atoms with Crippen LogP contribution in [-0.2, 0) is 4.79 Å². The van der Waals surface area contributed by atoms with Crippen LogP contribution < -0.4 is 0 Å². The first kappa shape index (κ1) is 17.0. The number of aliphatic hydroxyl groups is 2. The minimum absolute atomic E-state index is 0.0665. The van der Waals surface area contributed by atoms with Gasteiger partial charge in [0, 0.05) is 12.3 Å². The molecule has 0 aliphatic heterocycles. The first-order chi connectivity index (χ1) is 11.3. The van der Waals surface area contributed by atoms with Gasteiger partial charge in [-0.3, -0.25) is 4.79 Å². The second-order valence-electron chi connectivity index (χ2n) is 9.84. The summed E-state index contributed by atoms with van der Waals surface area (Å²) in [6.45, 7) is 6.86. The largest absolute Gasteiger partial charge is 0.393 e. The summed E-state index contributed by atoms with van der Waals surface area (Å²) >= 11 is 0. The average Bonchev–Trinajstić information content (AvgIpc) is 2.88. The molecule has 0 aromatic rings. The van der Waals surface area contributed by atoms with E-state index in [1.165, 1.54) is 6.42 Å². The van der Waals surface area contributed by atoms with Gasteiger partial charge in [0.15, 0.2) is 0 Å². The maximum atomic E-state index is 13.2. The first-order valence-electron chi connectivity index (χ1n) is 10.2. The Bertz CT molecular complexity index is 531. The molecule has 0 saturated heterocycles. The van der Waals surface area contributed by atoms with Crippen LogP contribution in [0.2, 0.25) is 0 Å². The lowest BCUT2D eigenvalue weighted by Crippen LogP contribution is -2.61. The van der Waals surface area contributed by atoms with Crippen LogP contribution in [-0.4, -0.2) is 28.2 Å². The molecule has 0 radical (unpaired) electrons. The highest BCUT2D eigenvalue weighted by atomic mass is 16.3. The standard InChI is InChI=1S/C21H34O3/c1-4-12-5-6-15-19-16(11-18(24)21(12,15)3)20(2)8-7-14(22)9-13(20)10-17(19)23/h12-16,18-19,22,24H,4-11H2,1-3H3. The molecule has 136 valence electrons. The highest BCUT2D eigenvalue weighted by Crippen LogP contribution is 2.66. The van der Waals surface area contributed by atoms with Gasteiger partial charge in [0.1, 0.15) is 5.78 Å². The highest BCUT2D eigenvalue weighted by Gasteiger charge is 2.65. The third kappa shape index (κ3) is 2.06. The molecule has 24 heavy (non-hydrogen) atoms. The number of carbonyl (C=O) groups is 1. The number of aliphatic hydroxyl groups excluding tert-OH is 2. The molecule has 3 heteroatoms. The Kier molecular flexibility index (Phi) is 3.93. The van der Waals surface area contributed by atoms with E-state index in [2.05, 4.69) is 20.8 Å². The molecule has 4 aliphatic rings. The van der Waals surface area contributed by atoms with Crippen molar-refractivity contribution in [3.8, 4) is 0 Å². The topological polar surface area (TPSA) is 57.5 Å². The first-order valence-corrected chi connectivity index (χ1v) is 10.2. The monoisotopic (exact) mass is 334 g/mol. The lowest BCUT2D eigenvalue weighted by atomic mass is 9.43. The van der Waals surface area contributed by atoms with Gasteiger partial charge in [-0.05, 0) is 73.0 Å². The van der Waals surface area contributed by atoms with Gasteiger partial charge >= 0.3 is 0 Å². The molecule has 2 N–H and O–H groups in total. The number of hydrogen-bond donors (Lipinski definition) is 2. The maximum Gasteiger partial charge on any atom is 0.136 e. The van der Waals surface area contributed by atoms with Crippen molar-refractivity contribution >= 4 is 5.78 Å². The van der Waals surface area contributed by atoms with E-state index in [1.807, 2.05) is 0 Å². The van der Waals surface area contributed by atoms with E-state index in [-0.39, 0.29) is 29.0 Å². The SMILES string of the molecule is CCC1CCC2C3C(=O)CC4CC(O)CCC4(C)C3CC(O)C12C. The van der Waals surface area contributed by atoms with Crippen molar-refractivity contribution in [2.24, 2.45) is 40.4 Å². The number of carbonyl (C=O) groups excluding carboxylic acids is 1. The van der Waals surface area contributed by atoms with Crippen LogP contribution in [0.25, 0.3) is 0 Å². The Labute approximate surface area is 146 Å². The summed E-state index contributed by atoms with van der Waals surface area (Å²) in [5, 5.41) is 21.3. The number of Topliss-reactive ketones (excluding diaryl/α,β-unsaturated/α-hetero) is 1. The van der Waals surface area contributed by atoms with Gasteiger partial charge in [0.05, 0.1) is 12.2 Å². The Morgan fingerprint density at radius 3 is 2.54 bits per heavy atom. The molecule has 0 spiro atoms. The minimum Gasteiger partial charge on any atom is -0.393 e. The van der Waals surface area contributed by atoms with E-state index in [0.717, 1.165) is 38.5 Å². The summed E-state index contributed by atoms with van der Waals surface area (Å²) in [6.07, 6.45) is 7.00. The molecule has 4 fully saturated rings. The van der Waals surface area contributed by atoms with Crippen LogP contribution >= 0.6 is 0 Å². The fourth-order valence-electron chi connectivity index (χ4n) is 7.67. The van der Waals surface area contributed by atoms with Crippen LogP contribution in [0.15, 0.2) is 0 Å². The van der Waals surface area contributed by atoms with E-state index in [0.29, 0.717) is 35.9 Å². The third-order valence-corrected chi connectivity index (χ3v) is 9.23. The fourth-order valence-corrected chi connectivity index (χ4v) is 7.67. The van der Waals surface area contributed by atoms with Gasteiger partial charge in [-0.1, -0.05) is 27.2 Å². The van der Waals surface area contributed by atoms with Gasteiger partial charge < -0.3 is 10.2 Å². The smallest absolute Gasteiger partial charge is 0.136 e. The number of fused-ring (bicyclic) bond motifs is 5. The summed E-state index contributed by atoms with van der Waals surface area (Å²) in [5.41, 5.74) is 0.0629. The third-order valence-electron chi connectivity index (χ3n) is 9.23. The van der Waals surface area contributed by atoms with Crippen LogP contribution in [0.3, 0.4) is 0 Å². The van der Waals surface area contributed by atoms with E-state index < -0.39 is 0 Å². The lowest BCUT2D eigenvalue weighted by molar-refractivity contribution is -0.179. The van der Waals surface area contributed by atoms with Crippen LogP contribution in [0.4, 0.5) is 0 Å². The van der Waals surface area contributed by atoms with E-state index >= 15 is 0 Å². The fraction of sp³-hybridized carbons (Fsp3) is 0.952. The molecule has 0 bridgehead atoms. The Hall–Kier alpha value is -0.410. The highest BCUT2D eigenvalue weighted by molar-refractivity contribution is 5.83. The van der Waals surface area contributed by atoms with Gasteiger partial charge in [-0.2, -0.15) is 0 Å². The zero-order valence-corrected chi connectivity index (χ0v) is 15.5. The summed E-state index contributed by atoms with van der Waals surface area (Å²) in [6, 6.07) is 0. The zero-order chi connectivity index (χ0) is 17.3. The molecule has 0 aromatic carbocycles. The molecule has 0 amide bonds. The van der Waals surface area contributed by atoms with E-state index in [1.54, 1.807) is 0 Å². The molecule has 3 nitrogen and oxygen atoms in total. The van der Waals surface area contributed by atoms with Crippen molar-refractivity contribution in [2.45, 2.75) is 84.3 Å². The number of hydrogen-bond acceptors (Lipinski definition) is 3. The van der Waals surface area contributed by atoms with Crippen LogP contribution in [0.5, 0.6) is 0 Å². The molecular formula is C21H34O3. The summed E-state index contributed by atoms with van der Waals surface area (Å²) in [7, 11) is 0. The molecule has 9 atom stereocenters. The second-order valence-corrected chi connectivity index (χ2v) is 9.84. The molecule has 0 aromatic heterocycles. The Morgan fingerprint density at radius 2 is 1.83 bits per heavy atom.